The largest absolute Gasteiger partial charge is 0.395 e. The second-order valence-electron chi connectivity index (χ2n) is 3.15. The average molecular weight is 189 g/mol. The Kier molecular flexibility index (Phi) is 4.77. The number of benzene rings is 1. The van der Waals surface area contributed by atoms with Gasteiger partial charge >= 0.3 is 0 Å². The molecule has 0 saturated heterocycles. The number of rotatable bonds is 5. The standard InChI is InChI=1S/C12H15NO/c1-2-8-13-12(10-14)9-11-6-4-3-5-7-11/h1,3-7,12-14H,8-10H2. The molecule has 0 aliphatic rings. The Balaban J connectivity index is 2.45. The van der Waals surface area contributed by atoms with Crippen molar-refractivity contribution in [3.8, 4) is 12.3 Å². The summed E-state index contributed by atoms with van der Waals surface area (Å²) in [6, 6.07) is 10.1. The summed E-state index contributed by atoms with van der Waals surface area (Å²) in [5.74, 6) is 2.50. The zero-order valence-corrected chi connectivity index (χ0v) is 8.11. The Hall–Kier alpha value is -1.30. The van der Waals surface area contributed by atoms with E-state index in [1.54, 1.807) is 0 Å². The summed E-state index contributed by atoms with van der Waals surface area (Å²) in [5, 5.41) is 12.2. The Morgan fingerprint density at radius 2 is 2.07 bits per heavy atom. The van der Waals surface area contributed by atoms with Gasteiger partial charge in [0.15, 0.2) is 0 Å². The van der Waals surface area contributed by atoms with Crippen LogP contribution >= 0.6 is 0 Å². The van der Waals surface area contributed by atoms with Crippen LogP contribution in [-0.2, 0) is 6.42 Å². The monoisotopic (exact) mass is 189 g/mol. The molecule has 1 rings (SSSR count). The smallest absolute Gasteiger partial charge is 0.0588 e. The fourth-order valence-corrected chi connectivity index (χ4v) is 1.30. The van der Waals surface area contributed by atoms with Crippen molar-refractivity contribution in [1.29, 1.82) is 0 Å². The fraction of sp³-hybridized carbons (Fsp3) is 0.333. The van der Waals surface area contributed by atoms with Gasteiger partial charge in [-0.3, -0.25) is 0 Å². The van der Waals surface area contributed by atoms with Gasteiger partial charge in [0, 0.05) is 6.04 Å². The summed E-state index contributed by atoms with van der Waals surface area (Å²) in [4.78, 5) is 0. The van der Waals surface area contributed by atoms with Crippen LogP contribution < -0.4 is 5.32 Å². The minimum Gasteiger partial charge on any atom is -0.395 e. The van der Waals surface area contributed by atoms with Crippen LogP contribution in [0.2, 0.25) is 0 Å². The lowest BCUT2D eigenvalue weighted by Gasteiger charge is -2.14. The van der Waals surface area contributed by atoms with Gasteiger partial charge in [0.05, 0.1) is 13.2 Å². The SMILES string of the molecule is C#CCNC(CO)Cc1ccccc1. The Labute approximate surface area is 85.0 Å². The Morgan fingerprint density at radius 1 is 1.36 bits per heavy atom. The summed E-state index contributed by atoms with van der Waals surface area (Å²) in [6.07, 6.45) is 5.94. The van der Waals surface area contributed by atoms with E-state index in [1.165, 1.54) is 5.56 Å². The van der Waals surface area contributed by atoms with E-state index >= 15 is 0 Å². The third-order valence-corrected chi connectivity index (χ3v) is 2.04. The lowest BCUT2D eigenvalue weighted by atomic mass is 10.1. The van der Waals surface area contributed by atoms with Gasteiger partial charge in [-0.05, 0) is 12.0 Å². The predicted molar refractivity (Wildman–Crippen MR) is 57.9 cm³/mol. The summed E-state index contributed by atoms with van der Waals surface area (Å²) in [6.45, 7) is 0.606. The topological polar surface area (TPSA) is 32.3 Å². The first-order valence-corrected chi connectivity index (χ1v) is 4.68. The number of nitrogens with one attached hydrogen (secondary N) is 1. The first-order chi connectivity index (χ1) is 6.86. The van der Waals surface area contributed by atoms with E-state index < -0.39 is 0 Å². The molecule has 0 aromatic heterocycles. The second-order valence-corrected chi connectivity index (χ2v) is 3.15. The normalized spacial score (nSPS) is 12.0. The van der Waals surface area contributed by atoms with Gasteiger partial charge in [-0.25, -0.2) is 0 Å². The predicted octanol–water partition coefficient (Wildman–Crippen LogP) is 0.813. The van der Waals surface area contributed by atoms with Gasteiger partial charge < -0.3 is 10.4 Å². The van der Waals surface area contributed by atoms with Crippen LogP contribution in [-0.4, -0.2) is 24.3 Å². The molecule has 1 aromatic carbocycles. The van der Waals surface area contributed by atoms with Crippen LogP contribution in [0.25, 0.3) is 0 Å². The van der Waals surface area contributed by atoms with Crippen LogP contribution in [0.3, 0.4) is 0 Å². The molecule has 74 valence electrons. The molecule has 2 nitrogen and oxygen atoms in total. The molecule has 14 heavy (non-hydrogen) atoms. The molecule has 0 amide bonds. The molecule has 0 spiro atoms. The van der Waals surface area contributed by atoms with Crippen molar-refractivity contribution >= 4 is 0 Å². The molecule has 0 bridgehead atoms. The van der Waals surface area contributed by atoms with Gasteiger partial charge in [0.1, 0.15) is 0 Å². The summed E-state index contributed by atoms with van der Waals surface area (Å²) in [5.41, 5.74) is 1.20. The van der Waals surface area contributed by atoms with Crippen molar-refractivity contribution in [3.63, 3.8) is 0 Å². The lowest BCUT2D eigenvalue weighted by Crippen LogP contribution is -2.34. The highest BCUT2D eigenvalue weighted by Gasteiger charge is 2.05. The summed E-state index contributed by atoms with van der Waals surface area (Å²) in [7, 11) is 0. The molecular formula is C12H15NO. The second kappa shape index (κ2) is 6.20. The van der Waals surface area contributed by atoms with Gasteiger partial charge in [-0.2, -0.15) is 0 Å². The minimum absolute atomic E-state index is 0.0495. The molecule has 1 aromatic rings. The fourth-order valence-electron chi connectivity index (χ4n) is 1.30. The molecule has 0 aliphatic carbocycles. The molecule has 2 N–H and O–H groups in total. The van der Waals surface area contributed by atoms with E-state index in [2.05, 4.69) is 11.2 Å². The highest BCUT2D eigenvalue weighted by atomic mass is 16.3. The number of hydrogen-bond donors (Lipinski definition) is 2. The van der Waals surface area contributed by atoms with Crippen molar-refractivity contribution in [2.75, 3.05) is 13.2 Å². The third-order valence-electron chi connectivity index (χ3n) is 2.04. The van der Waals surface area contributed by atoms with Crippen LogP contribution in [0.15, 0.2) is 30.3 Å². The molecule has 0 fully saturated rings. The maximum Gasteiger partial charge on any atom is 0.0588 e. The van der Waals surface area contributed by atoms with Crippen molar-refractivity contribution in [1.82, 2.24) is 5.32 Å². The van der Waals surface area contributed by atoms with E-state index in [9.17, 15) is 0 Å². The molecule has 1 unspecified atom stereocenters. The van der Waals surface area contributed by atoms with E-state index in [4.69, 9.17) is 11.5 Å². The average Bonchev–Trinajstić information content (AvgIpc) is 2.25. The van der Waals surface area contributed by atoms with Crippen LogP contribution in [0.5, 0.6) is 0 Å². The molecule has 0 saturated carbocycles. The molecule has 0 heterocycles. The number of hydrogen-bond acceptors (Lipinski definition) is 2. The van der Waals surface area contributed by atoms with E-state index in [-0.39, 0.29) is 12.6 Å². The van der Waals surface area contributed by atoms with Gasteiger partial charge in [0.2, 0.25) is 0 Å². The summed E-state index contributed by atoms with van der Waals surface area (Å²) < 4.78 is 0. The van der Waals surface area contributed by atoms with E-state index in [0.29, 0.717) is 6.54 Å². The third kappa shape index (κ3) is 3.61. The van der Waals surface area contributed by atoms with Gasteiger partial charge in [0.25, 0.3) is 0 Å². The van der Waals surface area contributed by atoms with Crippen molar-refractivity contribution < 1.29 is 5.11 Å². The maximum absolute atomic E-state index is 9.08. The molecule has 2 heteroatoms. The van der Waals surface area contributed by atoms with Crippen molar-refractivity contribution in [3.05, 3.63) is 35.9 Å². The van der Waals surface area contributed by atoms with Crippen molar-refractivity contribution in [2.45, 2.75) is 12.5 Å². The molecule has 1 atom stereocenters. The van der Waals surface area contributed by atoms with Crippen molar-refractivity contribution in [2.24, 2.45) is 0 Å². The number of terminal acetylenes is 1. The minimum atomic E-state index is 0.0495. The highest BCUT2D eigenvalue weighted by molar-refractivity contribution is 5.16. The molecule has 0 aliphatic heterocycles. The quantitative estimate of drug-likeness (QED) is 0.672. The molecular weight excluding hydrogens is 174 g/mol. The molecule has 0 radical (unpaired) electrons. The van der Waals surface area contributed by atoms with E-state index in [1.807, 2.05) is 30.3 Å². The number of aliphatic hydroxyl groups is 1. The number of aliphatic hydroxyl groups excluding tert-OH is 1. The Bertz CT molecular complexity index is 289. The maximum atomic E-state index is 9.08. The zero-order valence-electron chi connectivity index (χ0n) is 8.11. The van der Waals surface area contributed by atoms with Gasteiger partial charge in [-0.15, -0.1) is 6.42 Å². The highest BCUT2D eigenvalue weighted by Crippen LogP contribution is 2.02. The van der Waals surface area contributed by atoms with Gasteiger partial charge in [-0.1, -0.05) is 36.3 Å². The first kappa shape index (κ1) is 10.8. The van der Waals surface area contributed by atoms with Crippen LogP contribution in [0.1, 0.15) is 5.56 Å². The van der Waals surface area contributed by atoms with E-state index in [0.717, 1.165) is 6.42 Å². The lowest BCUT2D eigenvalue weighted by molar-refractivity contribution is 0.245. The zero-order chi connectivity index (χ0) is 10.2. The van der Waals surface area contributed by atoms with Crippen LogP contribution in [0, 0.1) is 12.3 Å². The summed E-state index contributed by atoms with van der Waals surface area (Å²) >= 11 is 0. The van der Waals surface area contributed by atoms with Crippen LogP contribution in [0.4, 0.5) is 0 Å². The first-order valence-electron chi connectivity index (χ1n) is 4.68. The Morgan fingerprint density at radius 3 is 2.64 bits per heavy atom.